The number of nitrogens with one attached hydrogen (secondary N) is 1. The van der Waals surface area contributed by atoms with Gasteiger partial charge in [0.2, 0.25) is 0 Å². The normalized spacial score (nSPS) is 31.6. The molecule has 2 rings (SSSR count). The molecule has 1 aliphatic heterocycles. The van der Waals surface area contributed by atoms with Crippen molar-refractivity contribution in [2.75, 3.05) is 13.2 Å². The predicted molar refractivity (Wildman–Crippen MR) is 65.1 cm³/mol. The number of fused-ring (bicyclic) bond motifs is 1. The van der Waals surface area contributed by atoms with Crippen molar-refractivity contribution in [3.05, 3.63) is 0 Å². The van der Waals surface area contributed by atoms with Gasteiger partial charge in [-0.1, -0.05) is 19.8 Å². The Morgan fingerprint density at radius 3 is 3.00 bits per heavy atom. The first kappa shape index (κ1) is 12.8. The van der Waals surface area contributed by atoms with Gasteiger partial charge in [-0.05, 0) is 19.3 Å². The van der Waals surface area contributed by atoms with E-state index in [2.05, 4.69) is 10.3 Å². The first-order valence-corrected chi connectivity index (χ1v) is 6.65. The smallest absolute Gasteiger partial charge is 0.251 e. The van der Waals surface area contributed by atoms with Gasteiger partial charge >= 0.3 is 0 Å². The van der Waals surface area contributed by atoms with Crippen LogP contribution in [0.2, 0.25) is 0 Å². The van der Waals surface area contributed by atoms with Crippen molar-refractivity contribution in [2.45, 2.75) is 57.2 Å². The number of nitrogens with two attached hydrogens (primary N) is 1. The van der Waals surface area contributed by atoms with E-state index in [1.54, 1.807) is 0 Å². The first-order chi connectivity index (χ1) is 8.27. The van der Waals surface area contributed by atoms with Crippen molar-refractivity contribution in [3.8, 4) is 0 Å². The highest BCUT2D eigenvalue weighted by Crippen LogP contribution is 2.30. The van der Waals surface area contributed by atoms with E-state index in [9.17, 15) is 4.79 Å². The predicted octanol–water partition coefficient (Wildman–Crippen LogP) is 0.398. The van der Waals surface area contributed by atoms with Crippen molar-refractivity contribution < 1.29 is 9.53 Å². The molecular formula is C12H23N3O2. The van der Waals surface area contributed by atoms with E-state index < -0.39 is 0 Å². The third-order valence-corrected chi connectivity index (χ3v) is 4.01. The Kier molecular flexibility index (Phi) is 4.36. The molecule has 2 aliphatic rings. The Balaban J connectivity index is 2.08. The van der Waals surface area contributed by atoms with Crippen molar-refractivity contribution in [1.29, 1.82) is 0 Å². The molecule has 0 aromatic rings. The van der Waals surface area contributed by atoms with Gasteiger partial charge in [0.1, 0.15) is 0 Å². The minimum absolute atomic E-state index is 0.0706. The molecule has 98 valence electrons. The largest absolute Gasteiger partial charge is 0.375 e. The lowest BCUT2D eigenvalue weighted by Gasteiger charge is -2.46. The number of amides is 1. The zero-order chi connectivity index (χ0) is 12.3. The highest BCUT2D eigenvalue weighted by atomic mass is 16.5. The Morgan fingerprint density at radius 2 is 2.29 bits per heavy atom. The number of morpholine rings is 1. The average Bonchev–Trinajstić information content (AvgIpc) is 2.39. The molecule has 0 aromatic carbocycles. The second kappa shape index (κ2) is 5.80. The molecule has 0 aromatic heterocycles. The minimum Gasteiger partial charge on any atom is -0.375 e. The zero-order valence-corrected chi connectivity index (χ0v) is 10.5. The second-order valence-electron chi connectivity index (χ2n) is 4.93. The van der Waals surface area contributed by atoms with E-state index in [1.807, 2.05) is 6.92 Å². The van der Waals surface area contributed by atoms with Crippen LogP contribution in [0.15, 0.2) is 0 Å². The van der Waals surface area contributed by atoms with E-state index in [4.69, 9.17) is 10.6 Å². The SMILES string of the molecule is CCC(C(=O)NN)N1CCOC2CCCCC21. The van der Waals surface area contributed by atoms with Crippen LogP contribution < -0.4 is 11.3 Å². The number of hydrogen-bond acceptors (Lipinski definition) is 4. The number of nitrogens with zero attached hydrogens (tertiary/aromatic N) is 1. The van der Waals surface area contributed by atoms with Crippen molar-refractivity contribution in [3.63, 3.8) is 0 Å². The molecular weight excluding hydrogens is 218 g/mol. The molecule has 5 nitrogen and oxygen atoms in total. The fourth-order valence-corrected chi connectivity index (χ4v) is 3.18. The lowest BCUT2D eigenvalue weighted by atomic mass is 9.89. The summed E-state index contributed by atoms with van der Waals surface area (Å²) in [4.78, 5) is 14.1. The van der Waals surface area contributed by atoms with Gasteiger partial charge < -0.3 is 4.74 Å². The maximum absolute atomic E-state index is 11.8. The van der Waals surface area contributed by atoms with E-state index in [0.29, 0.717) is 12.1 Å². The fourth-order valence-electron chi connectivity index (χ4n) is 3.18. The maximum atomic E-state index is 11.8. The van der Waals surface area contributed by atoms with E-state index >= 15 is 0 Å². The fraction of sp³-hybridized carbons (Fsp3) is 0.917. The standard InChI is InChI=1S/C12H23N3O2/c1-2-9(12(16)14-13)15-7-8-17-11-6-4-3-5-10(11)15/h9-11H,2-8,13H2,1H3,(H,14,16). The summed E-state index contributed by atoms with van der Waals surface area (Å²) in [6.07, 6.45) is 5.86. The number of hydrogen-bond donors (Lipinski definition) is 2. The molecule has 2 fully saturated rings. The van der Waals surface area contributed by atoms with Gasteiger partial charge in [-0.25, -0.2) is 5.84 Å². The van der Waals surface area contributed by atoms with Crippen LogP contribution in [-0.2, 0) is 9.53 Å². The lowest BCUT2D eigenvalue weighted by molar-refractivity contribution is -0.138. The molecule has 3 atom stereocenters. The van der Waals surface area contributed by atoms with Gasteiger partial charge in [0.15, 0.2) is 0 Å². The molecule has 1 saturated heterocycles. The second-order valence-corrected chi connectivity index (χ2v) is 4.93. The highest BCUT2D eigenvalue weighted by molar-refractivity contribution is 5.81. The highest BCUT2D eigenvalue weighted by Gasteiger charge is 2.39. The summed E-state index contributed by atoms with van der Waals surface area (Å²) in [6, 6.07) is 0.300. The average molecular weight is 241 g/mol. The first-order valence-electron chi connectivity index (χ1n) is 6.65. The van der Waals surface area contributed by atoms with Crippen molar-refractivity contribution >= 4 is 5.91 Å². The summed E-state index contributed by atoms with van der Waals surface area (Å²) in [5.41, 5.74) is 2.29. The van der Waals surface area contributed by atoms with Crippen LogP contribution >= 0.6 is 0 Å². The third kappa shape index (κ3) is 2.61. The summed E-state index contributed by atoms with van der Waals surface area (Å²) >= 11 is 0. The molecule has 0 spiro atoms. The Hall–Kier alpha value is -0.650. The topological polar surface area (TPSA) is 67.6 Å². The van der Waals surface area contributed by atoms with Crippen LogP contribution in [0.3, 0.4) is 0 Å². The monoisotopic (exact) mass is 241 g/mol. The number of rotatable bonds is 3. The number of ether oxygens (including phenoxy) is 1. The van der Waals surface area contributed by atoms with E-state index in [0.717, 1.165) is 32.4 Å². The van der Waals surface area contributed by atoms with Crippen LogP contribution in [0.5, 0.6) is 0 Å². The molecule has 0 bridgehead atoms. The number of carbonyl (C=O) groups is 1. The quantitative estimate of drug-likeness (QED) is 0.426. The Labute approximate surface area is 103 Å². The Morgan fingerprint density at radius 1 is 1.53 bits per heavy atom. The summed E-state index contributed by atoms with van der Waals surface area (Å²) in [7, 11) is 0. The molecule has 3 N–H and O–H groups in total. The van der Waals surface area contributed by atoms with Gasteiger partial charge in [0.25, 0.3) is 5.91 Å². The van der Waals surface area contributed by atoms with E-state index in [1.165, 1.54) is 12.8 Å². The summed E-state index contributed by atoms with van der Waals surface area (Å²) in [6.45, 7) is 3.61. The van der Waals surface area contributed by atoms with E-state index in [-0.39, 0.29) is 11.9 Å². The molecule has 17 heavy (non-hydrogen) atoms. The van der Waals surface area contributed by atoms with Gasteiger partial charge in [-0.15, -0.1) is 0 Å². The van der Waals surface area contributed by atoms with Gasteiger partial charge in [-0.2, -0.15) is 0 Å². The van der Waals surface area contributed by atoms with Crippen LogP contribution in [0.1, 0.15) is 39.0 Å². The molecule has 1 amide bonds. The van der Waals surface area contributed by atoms with Crippen LogP contribution in [0, 0.1) is 0 Å². The molecule has 1 heterocycles. The summed E-state index contributed by atoms with van der Waals surface area (Å²) in [5, 5.41) is 0. The molecule has 1 aliphatic carbocycles. The van der Waals surface area contributed by atoms with Crippen LogP contribution in [0.25, 0.3) is 0 Å². The van der Waals surface area contributed by atoms with Crippen LogP contribution in [0.4, 0.5) is 0 Å². The minimum atomic E-state index is -0.102. The molecule has 1 saturated carbocycles. The van der Waals surface area contributed by atoms with Crippen LogP contribution in [-0.4, -0.2) is 42.1 Å². The number of hydrazine groups is 1. The van der Waals surface area contributed by atoms with Gasteiger partial charge in [0, 0.05) is 12.6 Å². The maximum Gasteiger partial charge on any atom is 0.251 e. The molecule has 5 heteroatoms. The number of carbonyl (C=O) groups excluding carboxylic acids is 1. The lowest BCUT2D eigenvalue weighted by Crippen LogP contribution is -2.60. The Bertz CT molecular complexity index is 270. The van der Waals surface area contributed by atoms with Gasteiger partial charge in [-0.3, -0.25) is 15.1 Å². The summed E-state index contributed by atoms with van der Waals surface area (Å²) < 4.78 is 5.82. The summed E-state index contributed by atoms with van der Waals surface area (Å²) in [5.74, 6) is 5.20. The zero-order valence-electron chi connectivity index (χ0n) is 10.5. The molecule has 0 radical (unpaired) electrons. The van der Waals surface area contributed by atoms with Crippen molar-refractivity contribution in [1.82, 2.24) is 10.3 Å². The third-order valence-electron chi connectivity index (χ3n) is 4.01. The van der Waals surface area contributed by atoms with Gasteiger partial charge in [0.05, 0.1) is 18.8 Å². The molecule has 3 unspecified atom stereocenters. The van der Waals surface area contributed by atoms with Crippen molar-refractivity contribution in [2.24, 2.45) is 5.84 Å².